The maximum atomic E-state index is 12.4. The molecule has 6 nitrogen and oxygen atoms in total. The van der Waals surface area contributed by atoms with Crippen LogP contribution in [0.1, 0.15) is 16.1 Å². The van der Waals surface area contributed by atoms with Gasteiger partial charge in [0.25, 0.3) is 5.91 Å². The molecule has 0 bridgehead atoms. The lowest BCUT2D eigenvalue weighted by molar-refractivity contribution is 0.0364. The van der Waals surface area contributed by atoms with Crippen LogP contribution in [0.5, 0.6) is 5.75 Å². The molecule has 2 aliphatic heterocycles. The number of fused-ring (bicyclic) bond motifs is 3. The van der Waals surface area contributed by atoms with Crippen LogP contribution in [0.15, 0.2) is 18.2 Å². The third kappa shape index (κ3) is 2.56. The van der Waals surface area contributed by atoms with Crippen molar-refractivity contribution in [3.8, 4) is 5.75 Å². The Morgan fingerprint density at radius 2 is 2.08 bits per heavy atom. The van der Waals surface area contributed by atoms with Gasteiger partial charge in [-0.2, -0.15) is 0 Å². The van der Waals surface area contributed by atoms with E-state index >= 15 is 0 Å². The van der Waals surface area contributed by atoms with Gasteiger partial charge in [-0.15, -0.1) is 0 Å². The predicted octanol–water partition coefficient (Wildman–Crippen LogP) is 1.27. The number of hydrogen-bond acceptors (Lipinski definition) is 4. The second-order valence-corrected chi connectivity index (χ2v) is 6.29. The van der Waals surface area contributed by atoms with E-state index in [1.807, 2.05) is 18.2 Å². The summed E-state index contributed by atoms with van der Waals surface area (Å²) in [6, 6.07) is 5.94. The Morgan fingerprint density at radius 3 is 2.88 bits per heavy atom. The van der Waals surface area contributed by atoms with Crippen molar-refractivity contribution in [1.29, 1.82) is 0 Å². The summed E-state index contributed by atoms with van der Waals surface area (Å²) in [7, 11) is 1.69. The second-order valence-electron chi connectivity index (χ2n) is 6.29. The van der Waals surface area contributed by atoms with E-state index in [4.69, 9.17) is 9.47 Å². The number of benzene rings is 1. The number of carbonyl (C=O) groups is 1. The maximum absolute atomic E-state index is 12.4. The van der Waals surface area contributed by atoms with Crippen molar-refractivity contribution >= 4 is 16.8 Å². The number of rotatable bonds is 4. The minimum atomic E-state index is 0.0274. The first-order valence-electron chi connectivity index (χ1n) is 8.56. The molecule has 6 heteroatoms. The van der Waals surface area contributed by atoms with Gasteiger partial charge in [-0.3, -0.25) is 9.69 Å². The highest BCUT2D eigenvalue weighted by Crippen LogP contribution is 2.34. The van der Waals surface area contributed by atoms with Gasteiger partial charge in [0.05, 0.1) is 31.4 Å². The number of morpholine rings is 1. The van der Waals surface area contributed by atoms with Gasteiger partial charge in [-0.1, -0.05) is 12.1 Å². The van der Waals surface area contributed by atoms with Gasteiger partial charge in [-0.25, -0.2) is 0 Å². The van der Waals surface area contributed by atoms with E-state index in [-0.39, 0.29) is 5.91 Å². The van der Waals surface area contributed by atoms with Crippen LogP contribution in [0.3, 0.4) is 0 Å². The van der Waals surface area contributed by atoms with Crippen molar-refractivity contribution in [2.75, 3.05) is 46.5 Å². The zero-order chi connectivity index (χ0) is 16.5. The van der Waals surface area contributed by atoms with Crippen LogP contribution in [0.2, 0.25) is 0 Å². The largest absolute Gasteiger partial charge is 0.495 e. The maximum Gasteiger partial charge on any atom is 0.253 e. The van der Waals surface area contributed by atoms with E-state index in [1.165, 1.54) is 0 Å². The molecule has 3 heterocycles. The van der Waals surface area contributed by atoms with E-state index in [9.17, 15) is 4.79 Å². The lowest BCUT2D eigenvalue weighted by Gasteiger charge is -2.27. The Hall–Kier alpha value is -2.05. The number of carbonyl (C=O) groups excluding carboxylic acids is 1. The number of methoxy groups -OCH3 is 1. The van der Waals surface area contributed by atoms with Gasteiger partial charge in [0.1, 0.15) is 5.75 Å². The summed E-state index contributed by atoms with van der Waals surface area (Å²) in [4.78, 5) is 14.8. The van der Waals surface area contributed by atoms with E-state index in [0.717, 1.165) is 73.7 Å². The monoisotopic (exact) mass is 329 g/mol. The number of amides is 1. The summed E-state index contributed by atoms with van der Waals surface area (Å²) < 4.78 is 13.3. The number of hydrogen-bond donors (Lipinski definition) is 1. The van der Waals surface area contributed by atoms with Gasteiger partial charge >= 0.3 is 0 Å². The fraction of sp³-hybridized carbons (Fsp3) is 0.500. The van der Waals surface area contributed by atoms with Crippen molar-refractivity contribution in [2.45, 2.75) is 13.0 Å². The Bertz CT molecular complexity index is 762. The molecule has 1 aromatic carbocycles. The molecule has 128 valence electrons. The SMILES string of the molecule is COc1cccc2c3c(n(CCN4CCOCC4)c12)CCNC3=O. The second kappa shape index (κ2) is 6.45. The normalized spacial score (nSPS) is 18.5. The minimum absolute atomic E-state index is 0.0274. The van der Waals surface area contributed by atoms with Crippen LogP contribution in [-0.2, 0) is 17.7 Å². The standard InChI is InChI=1S/C18H23N3O3/c1-23-15-4-2-3-13-16-14(5-6-19-18(16)22)21(17(13)15)8-7-20-9-11-24-12-10-20/h2-4H,5-12H2,1H3,(H,19,22). The fourth-order valence-electron chi connectivity index (χ4n) is 3.80. The molecule has 0 spiro atoms. The number of para-hydroxylation sites is 1. The first-order valence-corrected chi connectivity index (χ1v) is 8.56. The highest BCUT2D eigenvalue weighted by atomic mass is 16.5. The Morgan fingerprint density at radius 1 is 1.25 bits per heavy atom. The predicted molar refractivity (Wildman–Crippen MR) is 91.8 cm³/mol. The lowest BCUT2D eigenvalue weighted by Crippen LogP contribution is -2.38. The summed E-state index contributed by atoms with van der Waals surface area (Å²) in [6.07, 6.45) is 0.863. The van der Waals surface area contributed by atoms with Gasteiger partial charge in [0.15, 0.2) is 0 Å². The van der Waals surface area contributed by atoms with Gasteiger partial charge in [0.2, 0.25) is 0 Å². The molecular formula is C18H23N3O3. The van der Waals surface area contributed by atoms with Crippen molar-refractivity contribution in [3.63, 3.8) is 0 Å². The van der Waals surface area contributed by atoms with E-state index < -0.39 is 0 Å². The molecule has 1 N–H and O–H groups in total. The topological polar surface area (TPSA) is 55.7 Å². The molecule has 1 saturated heterocycles. The highest BCUT2D eigenvalue weighted by Gasteiger charge is 2.27. The van der Waals surface area contributed by atoms with Crippen molar-refractivity contribution in [2.24, 2.45) is 0 Å². The molecule has 0 atom stereocenters. The Balaban J connectivity index is 1.76. The van der Waals surface area contributed by atoms with Crippen LogP contribution in [0.4, 0.5) is 0 Å². The molecule has 1 amide bonds. The Kier molecular flexibility index (Phi) is 4.16. The van der Waals surface area contributed by atoms with Crippen LogP contribution in [-0.4, -0.2) is 61.9 Å². The van der Waals surface area contributed by atoms with Crippen molar-refractivity contribution < 1.29 is 14.3 Å². The summed E-state index contributed by atoms with van der Waals surface area (Å²) in [5.74, 6) is 0.858. The van der Waals surface area contributed by atoms with E-state index in [0.29, 0.717) is 6.54 Å². The van der Waals surface area contributed by atoms with Crippen LogP contribution in [0.25, 0.3) is 10.9 Å². The molecule has 4 rings (SSSR count). The van der Waals surface area contributed by atoms with Crippen molar-refractivity contribution in [3.05, 3.63) is 29.5 Å². The first kappa shape index (κ1) is 15.5. The molecule has 2 aromatic rings. The van der Waals surface area contributed by atoms with Crippen LogP contribution < -0.4 is 10.1 Å². The molecule has 1 aromatic heterocycles. The summed E-state index contributed by atoms with van der Waals surface area (Å²) >= 11 is 0. The van der Waals surface area contributed by atoms with E-state index in [2.05, 4.69) is 14.8 Å². The van der Waals surface area contributed by atoms with Gasteiger partial charge in [-0.05, 0) is 6.07 Å². The number of nitrogens with one attached hydrogen (secondary N) is 1. The quantitative estimate of drug-likeness (QED) is 0.918. The number of aromatic nitrogens is 1. The lowest BCUT2D eigenvalue weighted by atomic mass is 10.1. The molecule has 0 aliphatic carbocycles. The molecule has 2 aliphatic rings. The zero-order valence-electron chi connectivity index (χ0n) is 14.0. The number of ether oxygens (including phenoxy) is 2. The molecule has 24 heavy (non-hydrogen) atoms. The molecule has 0 radical (unpaired) electrons. The molecule has 0 saturated carbocycles. The average Bonchev–Trinajstić information content (AvgIpc) is 2.96. The molecule has 0 unspecified atom stereocenters. The third-order valence-electron chi connectivity index (χ3n) is 4.99. The summed E-state index contributed by atoms with van der Waals surface area (Å²) in [6.45, 7) is 6.06. The van der Waals surface area contributed by atoms with Gasteiger partial charge in [0, 0.05) is 50.2 Å². The molecule has 1 fully saturated rings. The summed E-state index contributed by atoms with van der Waals surface area (Å²) in [5, 5.41) is 3.96. The first-order chi connectivity index (χ1) is 11.8. The minimum Gasteiger partial charge on any atom is -0.495 e. The number of nitrogens with zero attached hydrogens (tertiary/aromatic N) is 2. The summed E-state index contributed by atoms with van der Waals surface area (Å²) in [5.41, 5.74) is 2.99. The smallest absolute Gasteiger partial charge is 0.253 e. The zero-order valence-corrected chi connectivity index (χ0v) is 14.0. The fourth-order valence-corrected chi connectivity index (χ4v) is 3.80. The third-order valence-corrected chi connectivity index (χ3v) is 4.99. The highest BCUT2D eigenvalue weighted by molar-refractivity contribution is 6.10. The van der Waals surface area contributed by atoms with E-state index in [1.54, 1.807) is 7.11 Å². The van der Waals surface area contributed by atoms with Crippen molar-refractivity contribution in [1.82, 2.24) is 14.8 Å². The van der Waals surface area contributed by atoms with Crippen LogP contribution >= 0.6 is 0 Å². The Labute approximate surface area is 141 Å². The molecular weight excluding hydrogens is 306 g/mol. The van der Waals surface area contributed by atoms with Gasteiger partial charge < -0.3 is 19.4 Å². The van der Waals surface area contributed by atoms with Crippen LogP contribution in [0, 0.1) is 0 Å². The average molecular weight is 329 g/mol.